The largest absolute Gasteiger partial charge is 0.324 e. The number of sulfonamides is 1. The summed E-state index contributed by atoms with van der Waals surface area (Å²) < 4.78 is 26.1. The Morgan fingerprint density at radius 3 is 2.16 bits per heavy atom. The van der Waals surface area contributed by atoms with Gasteiger partial charge in [-0.05, 0) is 85.8 Å². The van der Waals surface area contributed by atoms with Crippen LogP contribution in [0.3, 0.4) is 0 Å². The van der Waals surface area contributed by atoms with Gasteiger partial charge in [-0.1, -0.05) is 18.2 Å². The Labute approximate surface area is 184 Å². The van der Waals surface area contributed by atoms with E-state index in [0.717, 1.165) is 39.2 Å². The van der Waals surface area contributed by atoms with Crippen molar-refractivity contribution in [3.8, 4) is 0 Å². The molecule has 0 saturated heterocycles. The number of aryl methyl sites for hydroxylation is 2. The molecule has 0 aliphatic carbocycles. The summed E-state index contributed by atoms with van der Waals surface area (Å²) in [7, 11) is -3.66. The summed E-state index contributed by atoms with van der Waals surface area (Å²) in [6.45, 7) is 5.46. The highest BCUT2D eigenvalue weighted by atomic mass is 32.2. The number of nitrogens with zero attached hydrogens (tertiary/aromatic N) is 2. The highest BCUT2D eigenvalue weighted by Crippen LogP contribution is 2.24. The number of benzene rings is 2. The lowest BCUT2D eigenvalue weighted by Crippen LogP contribution is -2.45. The van der Waals surface area contributed by atoms with Gasteiger partial charge < -0.3 is 5.32 Å². The Kier molecular flexibility index (Phi) is 6.75. The fraction of sp³-hybridized carbons (Fsp3) is 0.250. The lowest BCUT2D eigenvalue weighted by atomic mass is 10.1. The van der Waals surface area contributed by atoms with Crippen LogP contribution in [0.5, 0.6) is 0 Å². The van der Waals surface area contributed by atoms with Crippen LogP contribution in [0.25, 0.3) is 0 Å². The molecule has 31 heavy (non-hydrogen) atoms. The molecule has 6 nitrogen and oxygen atoms in total. The van der Waals surface area contributed by atoms with Crippen molar-refractivity contribution in [2.45, 2.75) is 33.2 Å². The van der Waals surface area contributed by atoms with Crippen molar-refractivity contribution in [2.75, 3.05) is 15.9 Å². The summed E-state index contributed by atoms with van der Waals surface area (Å²) in [5.41, 5.74) is 5.36. The van der Waals surface area contributed by atoms with Gasteiger partial charge in [-0.15, -0.1) is 0 Å². The van der Waals surface area contributed by atoms with Crippen LogP contribution in [0, 0.1) is 13.8 Å². The Hall–Kier alpha value is -3.19. The van der Waals surface area contributed by atoms with Crippen molar-refractivity contribution in [2.24, 2.45) is 0 Å². The van der Waals surface area contributed by atoms with E-state index < -0.39 is 22.0 Å². The fourth-order valence-electron chi connectivity index (χ4n) is 3.36. The van der Waals surface area contributed by atoms with E-state index in [9.17, 15) is 13.2 Å². The number of carbonyl (C=O) groups excluding carboxylic acids is 1. The van der Waals surface area contributed by atoms with Gasteiger partial charge in [-0.25, -0.2) is 8.42 Å². The van der Waals surface area contributed by atoms with Crippen LogP contribution in [-0.2, 0) is 21.2 Å². The Balaban J connectivity index is 1.75. The van der Waals surface area contributed by atoms with Crippen molar-refractivity contribution in [3.63, 3.8) is 0 Å². The van der Waals surface area contributed by atoms with Crippen LogP contribution in [0.4, 0.5) is 11.4 Å². The third kappa shape index (κ3) is 5.70. The predicted octanol–water partition coefficient (Wildman–Crippen LogP) is 4.08. The first-order valence-corrected chi connectivity index (χ1v) is 11.9. The van der Waals surface area contributed by atoms with Gasteiger partial charge in [-0.3, -0.25) is 14.1 Å². The number of rotatable bonds is 7. The lowest BCUT2D eigenvalue weighted by Gasteiger charge is -2.28. The molecule has 0 bridgehead atoms. The SMILES string of the molecule is Cc1ccc(N(C(C)C(=O)Nc2ccc(Cc3ccncc3)cc2)S(C)(=O)=O)cc1C. The summed E-state index contributed by atoms with van der Waals surface area (Å²) in [4.78, 5) is 16.9. The molecular weight excluding hydrogens is 410 g/mol. The molecule has 1 aromatic heterocycles. The molecule has 0 radical (unpaired) electrons. The Bertz CT molecular complexity index is 1160. The summed E-state index contributed by atoms with van der Waals surface area (Å²) in [5.74, 6) is -0.398. The van der Waals surface area contributed by atoms with Crippen LogP contribution in [0.2, 0.25) is 0 Å². The molecule has 1 unspecified atom stereocenters. The third-order valence-electron chi connectivity index (χ3n) is 5.21. The molecule has 1 heterocycles. The molecule has 0 fully saturated rings. The lowest BCUT2D eigenvalue weighted by molar-refractivity contribution is -0.116. The van der Waals surface area contributed by atoms with E-state index in [2.05, 4.69) is 10.3 Å². The summed E-state index contributed by atoms with van der Waals surface area (Å²) in [6, 6.07) is 15.9. The van der Waals surface area contributed by atoms with Crippen molar-refractivity contribution in [1.29, 1.82) is 0 Å². The molecular formula is C24H27N3O3S. The molecule has 162 valence electrons. The van der Waals surface area contributed by atoms with Gasteiger partial charge >= 0.3 is 0 Å². The summed E-state index contributed by atoms with van der Waals surface area (Å²) in [5, 5.41) is 2.83. The summed E-state index contributed by atoms with van der Waals surface area (Å²) in [6.07, 6.45) is 5.39. The minimum atomic E-state index is -3.66. The first-order valence-electron chi connectivity index (χ1n) is 10.0. The molecule has 0 saturated carbocycles. The molecule has 0 aliphatic rings. The van der Waals surface area contributed by atoms with E-state index in [1.54, 1.807) is 31.5 Å². The highest BCUT2D eigenvalue weighted by Gasteiger charge is 2.29. The first kappa shape index (κ1) is 22.5. The Morgan fingerprint density at radius 2 is 1.58 bits per heavy atom. The predicted molar refractivity (Wildman–Crippen MR) is 125 cm³/mol. The van der Waals surface area contributed by atoms with Gasteiger partial charge in [0.05, 0.1) is 11.9 Å². The zero-order valence-electron chi connectivity index (χ0n) is 18.2. The maximum absolute atomic E-state index is 12.9. The number of carbonyl (C=O) groups is 1. The number of nitrogens with one attached hydrogen (secondary N) is 1. The minimum absolute atomic E-state index is 0.398. The summed E-state index contributed by atoms with van der Waals surface area (Å²) >= 11 is 0. The average Bonchev–Trinajstić information content (AvgIpc) is 2.72. The van der Waals surface area contributed by atoms with Gasteiger partial charge in [0.1, 0.15) is 6.04 Å². The molecule has 2 aromatic carbocycles. The second-order valence-corrected chi connectivity index (χ2v) is 9.58. The van der Waals surface area contributed by atoms with Crippen LogP contribution in [0.15, 0.2) is 67.0 Å². The van der Waals surface area contributed by atoms with Gasteiger partial charge in [0.15, 0.2) is 0 Å². The minimum Gasteiger partial charge on any atom is -0.324 e. The molecule has 3 aromatic rings. The number of hydrogen-bond acceptors (Lipinski definition) is 4. The van der Waals surface area contributed by atoms with E-state index in [4.69, 9.17) is 0 Å². The molecule has 0 spiro atoms. The second kappa shape index (κ2) is 9.31. The molecule has 3 rings (SSSR count). The molecule has 1 atom stereocenters. The van der Waals surface area contributed by atoms with E-state index in [1.807, 2.05) is 56.3 Å². The highest BCUT2D eigenvalue weighted by molar-refractivity contribution is 7.92. The topological polar surface area (TPSA) is 79.4 Å². The maximum Gasteiger partial charge on any atom is 0.247 e. The zero-order chi connectivity index (χ0) is 22.6. The molecule has 7 heteroatoms. The van der Waals surface area contributed by atoms with Crippen LogP contribution >= 0.6 is 0 Å². The first-order chi connectivity index (χ1) is 14.6. The smallest absolute Gasteiger partial charge is 0.247 e. The van der Waals surface area contributed by atoms with Crippen molar-refractivity contribution < 1.29 is 13.2 Å². The molecule has 1 N–H and O–H groups in total. The number of anilines is 2. The second-order valence-electron chi connectivity index (χ2n) is 7.72. The third-order valence-corrected chi connectivity index (χ3v) is 6.45. The van der Waals surface area contributed by atoms with Gasteiger partial charge in [-0.2, -0.15) is 0 Å². The molecule has 1 amide bonds. The average molecular weight is 438 g/mol. The number of hydrogen-bond donors (Lipinski definition) is 1. The van der Waals surface area contributed by atoms with Gasteiger partial charge in [0, 0.05) is 18.1 Å². The Morgan fingerprint density at radius 1 is 0.968 bits per heavy atom. The normalized spacial score (nSPS) is 12.3. The van der Waals surface area contributed by atoms with Crippen LogP contribution < -0.4 is 9.62 Å². The van der Waals surface area contributed by atoms with Crippen LogP contribution in [-0.4, -0.2) is 31.6 Å². The monoisotopic (exact) mass is 437 g/mol. The van der Waals surface area contributed by atoms with E-state index in [1.165, 1.54) is 0 Å². The van der Waals surface area contributed by atoms with Crippen molar-refractivity contribution in [3.05, 3.63) is 89.2 Å². The fourth-order valence-corrected chi connectivity index (χ4v) is 4.53. The van der Waals surface area contributed by atoms with Gasteiger partial charge in [0.2, 0.25) is 15.9 Å². The number of amides is 1. The van der Waals surface area contributed by atoms with Crippen molar-refractivity contribution in [1.82, 2.24) is 4.98 Å². The standard InChI is InChI=1S/C24H27N3O3S/c1-17-5-10-23(15-18(17)2)27(31(4,29)30)19(3)24(28)26-22-8-6-20(7-9-22)16-21-11-13-25-14-12-21/h5-15,19H,16H2,1-4H3,(H,26,28). The van der Waals surface area contributed by atoms with Crippen LogP contribution in [0.1, 0.15) is 29.2 Å². The van der Waals surface area contributed by atoms with Crippen molar-refractivity contribution >= 4 is 27.3 Å². The van der Waals surface area contributed by atoms with Gasteiger partial charge in [0.25, 0.3) is 0 Å². The number of aromatic nitrogens is 1. The van der Waals surface area contributed by atoms with E-state index >= 15 is 0 Å². The molecule has 0 aliphatic heterocycles. The quantitative estimate of drug-likeness (QED) is 0.604. The number of pyridine rings is 1. The maximum atomic E-state index is 12.9. The van der Waals surface area contributed by atoms with E-state index in [0.29, 0.717) is 11.4 Å². The zero-order valence-corrected chi connectivity index (χ0v) is 19.0. The van der Waals surface area contributed by atoms with E-state index in [-0.39, 0.29) is 0 Å².